The van der Waals surface area contributed by atoms with Crippen LogP contribution in [-0.2, 0) is 0 Å². The summed E-state index contributed by atoms with van der Waals surface area (Å²) in [5.74, 6) is -1.07. The number of halogens is 2. The number of allylic oxidation sites excluding steroid dienone is 1. The third-order valence-corrected chi connectivity index (χ3v) is 5.13. The fourth-order valence-corrected chi connectivity index (χ4v) is 3.72. The van der Waals surface area contributed by atoms with E-state index in [4.69, 9.17) is 22.1 Å². The highest BCUT2D eigenvalue weighted by atomic mass is 35.5. The summed E-state index contributed by atoms with van der Waals surface area (Å²) < 4.78 is 22.1. The molecule has 0 amide bonds. The standard InChI is InChI=1S/C21H16ClFN4O/c1-11-6-8-13(9-7-11)27-21-17(12(2)26-27)18(14(10-24)20(25)28-21)19-15(22)4-3-5-16(19)23/h3-9,18H,25H2,1-2H3. The molecular formula is C21H16ClFN4O. The van der Waals surface area contributed by atoms with Gasteiger partial charge in [0, 0.05) is 10.6 Å². The Balaban J connectivity index is 2.00. The molecule has 1 aliphatic rings. The lowest BCUT2D eigenvalue weighted by atomic mass is 9.84. The normalized spacial score (nSPS) is 15.8. The maximum atomic E-state index is 14.7. The largest absolute Gasteiger partial charge is 0.422 e. The summed E-state index contributed by atoms with van der Waals surface area (Å²) in [5, 5.41) is 14.5. The van der Waals surface area contributed by atoms with Crippen molar-refractivity contribution in [2.45, 2.75) is 19.8 Å². The molecule has 0 spiro atoms. The number of fused-ring (bicyclic) bond motifs is 1. The van der Waals surface area contributed by atoms with E-state index >= 15 is 0 Å². The van der Waals surface area contributed by atoms with Crippen molar-refractivity contribution in [2.24, 2.45) is 5.73 Å². The first-order valence-electron chi connectivity index (χ1n) is 8.60. The number of aryl methyl sites for hydroxylation is 2. The highest BCUT2D eigenvalue weighted by Gasteiger charge is 2.38. The molecule has 0 aliphatic carbocycles. The molecule has 0 fully saturated rings. The predicted octanol–water partition coefficient (Wildman–Crippen LogP) is 4.50. The van der Waals surface area contributed by atoms with Crippen LogP contribution in [0.25, 0.3) is 5.69 Å². The molecule has 0 bridgehead atoms. The summed E-state index contributed by atoms with van der Waals surface area (Å²) >= 11 is 6.31. The van der Waals surface area contributed by atoms with Gasteiger partial charge in [-0.05, 0) is 38.1 Å². The van der Waals surface area contributed by atoms with E-state index in [0.717, 1.165) is 11.3 Å². The summed E-state index contributed by atoms with van der Waals surface area (Å²) in [4.78, 5) is 0. The number of ether oxygens (including phenoxy) is 1. The zero-order valence-corrected chi connectivity index (χ0v) is 16.0. The van der Waals surface area contributed by atoms with E-state index in [9.17, 15) is 9.65 Å². The van der Waals surface area contributed by atoms with Gasteiger partial charge in [0.2, 0.25) is 11.8 Å². The fraction of sp³-hybridized carbons (Fsp3) is 0.143. The Bertz CT molecular complexity index is 1140. The molecule has 0 saturated heterocycles. The van der Waals surface area contributed by atoms with Gasteiger partial charge < -0.3 is 10.5 Å². The van der Waals surface area contributed by atoms with Crippen LogP contribution in [0, 0.1) is 31.0 Å². The fourth-order valence-electron chi connectivity index (χ4n) is 3.45. The number of rotatable bonds is 2. The molecule has 7 heteroatoms. The molecule has 140 valence electrons. The van der Waals surface area contributed by atoms with Gasteiger partial charge in [-0.2, -0.15) is 10.4 Å². The first-order chi connectivity index (χ1) is 13.4. The maximum Gasteiger partial charge on any atom is 0.229 e. The second-order valence-electron chi connectivity index (χ2n) is 6.61. The van der Waals surface area contributed by atoms with Crippen LogP contribution in [-0.4, -0.2) is 9.78 Å². The highest BCUT2D eigenvalue weighted by molar-refractivity contribution is 6.31. The average Bonchev–Trinajstić information content (AvgIpc) is 2.98. The van der Waals surface area contributed by atoms with E-state index in [0.29, 0.717) is 17.1 Å². The van der Waals surface area contributed by atoms with E-state index in [1.165, 1.54) is 12.1 Å². The van der Waals surface area contributed by atoms with Crippen molar-refractivity contribution in [3.63, 3.8) is 0 Å². The topological polar surface area (TPSA) is 76.9 Å². The quantitative estimate of drug-likeness (QED) is 0.694. The first-order valence-corrected chi connectivity index (χ1v) is 8.98. The van der Waals surface area contributed by atoms with Crippen molar-refractivity contribution >= 4 is 11.6 Å². The Hall–Kier alpha value is -3.30. The molecule has 1 aromatic heterocycles. The second-order valence-corrected chi connectivity index (χ2v) is 7.02. The van der Waals surface area contributed by atoms with Gasteiger partial charge in [-0.25, -0.2) is 9.07 Å². The van der Waals surface area contributed by atoms with Crippen LogP contribution in [0.2, 0.25) is 5.02 Å². The molecule has 1 aliphatic heterocycles. The number of nitriles is 1. The Kier molecular flexibility index (Phi) is 4.33. The zero-order chi connectivity index (χ0) is 20.0. The third kappa shape index (κ3) is 2.72. The lowest BCUT2D eigenvalue weighted by molar-refractivity contribution is 0.366. The van der Waals surface area contributed by atoms with E-state index in [2.05, 4.69) is 5.10 Å². The minimum atomic E-state index is -0.804. The molecule has 0 radical (unpaired) electrons. The molecule has 1 unspecified atom stereocenters. The van der Waals surface area contributed by atoms with Crippen molar-refractivity contribution in [3.8, 4) is 17.6 Å². The minimum absolute atomic E-state index is 0.0902. The number of hydrogen-bond acceptors (Lipinski definition) is 4. The van der Waals surface area contributed by atoms with Crippen LogP contribution in [0.1, 0.15) is 28.3 Å². The van der Waals surface area contributed by atoms with Gasteiger partial charge in [-0.3, -0.25) is 0 Å². The molecule has 28 heavy (non-hydrogen) atoms. The third-order valence-electron chi connectivity index (χ3n) is 4.80. The monoisotopic (exact) mass is 394 g/mol. The van der Waals surface area contributed by atoms with Gasteiger partial charge in [-0.15, -0.1) is 0 Å². The zero-order valence-electron chi connectivity index (χ0n) is 15.2. The van der Waals surface area contributed by atoms with E-state index in [1.807, 2.05) is 37.3 Å². The minimum Gasteiger partial charge on any atom is -0.422 e. The first kappa shape index (κ1) is 18.1. The predicted molar refractivity (Wildman–Crippen MR) is 104 cm³/mol. The van der Waals surface area contributed by atoms with Crippen molar-refractivity contribution in [1.29, 1.82) is 5.26 Å². The molecule has 4 rings (SSSR count). The van der Waals surface area contributed by atoms with E-state index < -0.39 is 11.7 Å². The van der Waals surface area contributed by atoms with Gasteiger partial charge in [-0.1, -0.05) is 35.4 Å². The van der Waals surface area contributed by atoms with Crippen LogP contribution >= 0.6 is 11.6 Å². The average molecular weight is 395 g/mol. The summed E-state index contributed by atoms with van der Waals surface area (Å²) in [6.07, 6.45) is 0. The van der Waals surface area contributed by atoms with Gasteiger partial charge in [0.25, 0.3) is 0 Å². The van der Waals surface area contributed by atoms with Crippen LogP contribution in [0.15, 0.2) is 53.9 Å². The molecule has 0 saturated carbocycles. The van der Waals surface area contributed by atoms with Crippen LogP contribution in [0.3, 0.4) is 0 Å². The summed E-state index contributed by atoms with van der Waals surface area (Å²) in [6.45, 7) is 3.77. The molecular weight excluding hydrogens is 379 g/mol. The number of benzene rings is 2. The highest BCUT2D eigenvalue weighted by Crippen LogP contribution is 2.47. The molecule has 5 nitrogen and oxygen atoms in total. The summed E-state index contributed by atoms with van der Waals surface area (Å²) in [6, 6.07) is 14.2. The SMILES string of the molecule is Cc1ccc(-n2nc(C)c3c2OC(N)=C(C#N)C3c2c(F)cccc2Cl)cc1. The molecule has 2 aromatic carbocycles. The van der Waals surface area contributed by atoms with Crippen molar-refractivity contribution < 1.29 is 9.13 Å². The molecule has 3 aromatic rings. The lowest BCUT2D eigenvalue weighted by Gasteiger charge is -2.25. The number of nitrogens with zero attached hydrogens (tertiary/aromatic N) is 3. The molecule has 1 atom stereocenters. The van der Waals surface area contributed by atoms with Gasteiger partial charge in [0.1, 0.15) is 17.5 Å². The van der Waals surface area contributed by atoms with Gasteiger partial charge in [0.05, 0.1) is 22.9 Å². The Morgan fingerprint density at radius 3 is 2.54 bits per heavy atom. The Morgan fingerprint density at radius 1 is 1.18 bits per heavy atom. The van der Waals surface area contributed by atoms with Gasteiger partial charge >= 0.3 is 0 Å². The molecule has 2 heterocycles. The number of aromatic nitrogens is 2. The van der Waals surface area contributed by atoms with Crippen molar-refractivity contribution in [3.05, 3.63) is 87.1 Å². The molecule has 2 N–H and O–H groups in total. The smallest absolute Gasteiger partial charge is 0.229 e. The Labute approximate surface area is 166 Å². The number of hydrogen-bond donors (Lipinski definition) is 1. The summed E-state index contributed by atoms with van der Waals surface area (Å²) in [7, 11) is 0. The van der Waals surface area contributed by atoms with E-state index in [-0.39, 0.29) is 22.0 Å². The lowest BCUT2D eigenvalue weighted by Crippen LogP contribution is -2.22. The van der Waals surface area contributed by atoms with Crippen molar-refractivity contribution in [2.75, 3.05) is 0 Å². The number of nitrogens with two attached hydrogens (primary N) is 1. The second kappa shape index (κ2) is 6.70. The summed E-state index contributed by atoms with van der Waals surface area (Å²) in [5.41, 5.74) is 9.36. The van der Waals surface area contributed by atoms with E-state index in [1.54, 1.807) is 17.7 Å². The Morgan fingerprint density at radius 2 is 1.89 bits per heavy atom. The van der Waals surface area contributed by atoms with Gasteiger partial charge in [0.15, 0.2) is 0 Å². The van der Waals surface area contributed by atoms with Crippen molar-refractivity contribution in [1.82, 2.24) is 9.78 Å². The van der Waals surface area contributed by atoms with Crippen LogP contribution in [0.5, 0.6) is 5.88 Å². The van der Waals surface area contributed by atoms with Crippen LogP contribution in [0.4, 0.5) is 4.39 Å². The van der Waals surface area contributed by atoms with Crippen LogP contribution < -0.4 is 10.5 Å². The maximum absolute atomic E-state index is 14.7.